The van der Waals surface area contributed by atoms with Gasteiger partial charge in [-0.15, -0.1) is 0 Å². The van der Waals surface area contributed by atoms with Gasteiger partial charge >= 0.3 is 0 Å². The summed E-state index contributed by atoms with van der Waals surface area (Å²) >= 11 is 0. The fourth-order valence-corrected chi connectivity index (χ4v) is 2.75. The van der Waals surface area contributed by atoms with E-state index in [2.05, 4.69) is 9.88 Å². The molecule has 2 saturated heterocycles. The van der Waals surface area contributed by atoms with Crippen LogP contribution < -0.4 is 10.6 Å². The molecule has 2 aliphatic heterocycles. The van der Waals surface area contributed by atoms with E-state index in [-0.39, 0.29) is 0 Å². The van der Waals surface area contributed by atoms with E-state index in [1.807, 2.05) is 19.2 Å². The van der Waals surface area contributed by atoms with Gasteiger partial charge in [0, 0.05) is 19.2 Å². The molecule has 0 aromatic carbocycles. The van der Waals surface area contributed by atoms with Crippen LogP contribution >= 0.6 is 0 Å². The Kier molecular flexibility index (Phi) is 2.87. The molecule has 1 aromatic rings. The van der Waals surface area contributed by atoms with Gasteiger partial charge in [-0.25, -0.2) is 4.98 Å². The highest BCUT2D eigenvalue weighted by Gasteiger charge is 2.41. The molecule has 2 aliphatic rings. The van der Waals surface area contributed by atoms with Crippen LogP contribution in [0.3, 0.4) is 0 Å². The third-order valence-electron chi connectivity index (χ3n) is 3.56. The minimum absolute atomic E-state index is 0.433. The molecule has 0 saturated carbocycles. The lowest BCUT2D eigenvalue weighted by Gasteiger charge is -2.39. The normalized spacial score (nSPS) is 22.6. The van der Waals surface area contributed by atoms with E-state index in [0.717, 1.165) is 36.5 Å². The van der Waals surface area contributed by atoms with E-state index in [0.29, 0.717) is 19.8 Å². The van der Waals surface area contributed by atoms with Crippen LogP contribution in [0.4, 0.5) is 11.5 Å². The minimum Gasteiger partial charge on any atom is -0.396 e. The predicted molar refractivity (Wildman–Crippen MR) is 69.5 cm³/mol. The smallest absolute Gasteiger partial charge is 0.186 e. The molecule has 0 bridgehead atoms. The lowest BCUT2D eigenvalue weighted by molar-refractivity contribution is -0.161. The molecule has 0 unspecified atom stereocenters. The predicted octanol–water partition coefficient (Wildman–Crippen LogP) is 1.32. The minimum atomic E-state index is -0.433. The highest BCUT2D eigenvalue weighted by Crippen LogP contribution is 2.33. The van der Waals surface area contributed by atoms with Crippen molar-refractivity contribution in [1.82, 2.24) is 4.98 Å². The van der Waals surface area contributed by atoms with E-state index in [4.69, 9.17) is 15.2 Å². The summed E-state index contributed by atoms with van der Waals surface area (Å²) in [4.78, 5) is 6.62. The Morgan fingerprint density at radius 2 is 2.17 bits per heavy atom. The van der Waals surface area contributed by atoms with Crippen molar-refractivity contribution in [1.29, 1.82) is 0 Å². The van der Waals surface area contributed by atoms with E-state index in [1.165, 1.54) is 0 Å². The lowest BCUT2D eigenvalue weighted by Crippen LogP contribution is -2.49. The third-order valence-corrected chi connectivity index (χ3v) is 3.56. The maximum absolute atomic E-state index is 6.05. The van der Waals surface area contributed by atoms with Crippen molar-refractivity contribution in [3.05, 3.63) is 17.8 Å². The van der Waals surface area contributed by atoms with E-state index in [9.17, 15) is 0 Å². The fourth-order valence-electron chi connectivity index (χ4n) is 2.75. The highest BCUT2D eigenvalue weighted by atomic mass is 16.7. The van der Waals surface area contributed by atoms with Gasteiger partial charge in [0.15, 0.2) is 11.6 Å². The fraction of sp³-hybridized carbons (Fsp3) is 0.615. The number of pyridine rings is 1. The average Bonchev–Trinajstić information content (AvgIpc) is 2.77. The van der Waals surface area contributed by atoms with Gasteiger partial charge in [-0.1, -0.05) is 0 Å². The summed E-state index contributed by atoms with van der Waals surface area (Å²) in [6, 6.07) is 1.96. The van der Waals surface area contributed by atoms with E-state index >= 15 is 0 Å². The number of hydrogen-bond donors (Lipinski definition) is 1. The lowest BCUT2D eigenvalue weighted by atomic mass is 10.0. The Bertz CT molecular complexity index is 444. The molecule has 98 valence electrons. The molecule has 3 rings (SSSR count). The van der Waals surface area contributed by atoms with Crippen molar-refractivity contribution in [2.24, 2.45) is 0 Å². The van der Waals surface area contributed by atoms with Crippen LogP contribution in [-0.4, -0.2) is 37.1 Å². The molecule has 0 atom stereocenters. The molecule has 18 heavy (non-hydrogen) atoms. The first kappa shape index (κ1) is 11.7. The standard InChI is InChI=1S/C13H19N3O2/c1-10-7-11(14)12(15-8-10)16-4-2-3-13(9-16)17-5-6-18-13/h7-8H,2-6,9,14H2,1H3. The number of rotatable bonds is 1. The van der Waals surface area contributed by atoms with Crippen LogP contribution in [0.1, 0.15) is 18.4 Å². The quantitative estimate of drug-likeness (QED) is 0.813. The zero-order valence-corrected chi connectivity index (χ0v) is 10.7. The molecule has 5 heteroatoms. The van der Waals surface area contributed by atoms with Gasteiger partial charge in [0.05, 0.1) is 25.4 Å². The second-order valence-corrected chi connectivity index (χ2v) is 5.06. The molecule has 1 aromatic heterocycles. The van der Waals surface area contributed by atoms with Crippen molar-refractivity contribution in [3.8, 4) is 0 Å². The third kappa shape index (κ3) is 2.04. The maximum atomic E-state index is 6.05. The Balaban J connectivity index is 1.83. The molecule has 3 heterocycles. The number of hydrogen-bond acceptors (Lipinski definition) is 5. The average molecular weight is 249 g/mol. The second kappa shape index (κ2) is 4.40. The summed E-state index contributed by atoms with van der Waals surface area (Å²) in [6.45, 7) is 5.03. The summed E-state index contributed by atoms with van der Waals surface area (Å²) in [5.41, 5.74) is 7.86. The zero-order chi connectivity index (χ0) is 12.6. The van der Waals surface area contributed by atoms with E-state index < -0.39 is 5.79 Å². The highest BCUT2D eigenvalue weighted by molar-refractivity contribution is 5.63. The van der Waals surface area contributed by atoms with Crippen molar-refractivity contribution < 1.29 is 9.47 Å². The molecule has 2 fully saturated rings. The zero-order valence-electron chi connectivity index (χ0n) is 10.7. The number of anilines is 2. The van der Waals surface area contributed by atoms with Gasteiger partial charge in [-0.3, -0.25) is 0 Å². The summed E-state index contributed by atoms with van der Waals surface area (Å²) in [5, 5.41) is 0. The van der Waals surface area contributed by atoms with Gasteiger partial charge in [-0.2, -0.15) is 0 Å². The van der Waals surface area contributed by atoms with Crippen LogP contribution in [0, 0.1) is 6.92 Å². The molecular weight excluding hydrogens is 230 g/mol. The van der Waals surface area contributed by atoms with Crippen LogP contribution in [0.25, 0.3) is 0 Å². The molecule has 0 aliphatic carbocycles. The molecular formula is C13H19N3O2. The first-order valence-corrected chi connectivity index (χ1v) is 6.44. The largest absolute Gasteiger partial charge is 0.396 e. The summed E-state index contributed by atoms with van der Waals surface area (Å²) in [7, 11) is 0. The Morgan fingerprint density at radius 1 is 1.39 bits per heavy atom. The Labute approximate surface area is 107 Å². The summed E-state index contributed by atoms with van der Waals surface area (Å²) in [6.07, 6.45) is 3.84. The van der Waals surface area contributed by atoms with Crippen molar-refractivity contribution in [2.45, 2.75) is 25.6 Å². The number of piperidine rings is 1. The molecule has 0 radical (unpaired) electrons. The number of aryl methyl sites for hydroxylation is 1. The van der Waals surface area contributed by atoms with Crippen LogP contribution in [0.5, 0.6) is 0 Å². The number of nitrogens with zero attached hydrogens (tertiary/aromatic N) is 2. The molecule has 0 amide bonds. The van der Waals surface area contributed by atoms with Crippen LogP contribution in [-0.2, 0) is 9.47 Å². The second-order valence-electron chi connectivity index (χ2n) is 5.06. The summed E-state index contributed by atoms with van der Waals surface area (Å²) < 4.78 is 11.5. The summed E-state index contributed by atoms with van der Waals surface area (Å²) in [5.74, 6) is 0.413. The molecule has 1 spiro atoms. The molecule has 2 N–H and O–H groups in total. The van der Waals surface area contributed by atoms with Gasteiger partial charge in [-0.05, 0) is 25.0 Å². The van der Waals surface area contributed by atoms with E-state index in [1.54, 1.807) is 0 Å². The SMILES string of the molecule is Cc1cnc(N2CCCC3(C2)OCCO3)c(N)c1. The number of nitrogens with two attached hydrogens (primary N) is 1. The molecule has 5 nitrogen and oxygen atoms in total. The van der Waals surface area contributed by atoms with Crippen LogP contribution in [0.2, 0.25) is 0 Å². The van der Waals surface area contributed by atoms with Gasteiger partial charge < -0.3 is 20.1 Å². The van der Waals surface area contributed by atoms with Crippen molar-refractivity contribution in [3.63, 3.8) is 0 Å². The number of nitrogen functional groups attached to an aromatic ring is 1. The topological polar surface area (TPSA) is 60.6 Å². The van der Waals surface area contributed by atoms with Gasteiger partial charge in [0.25, 0.3) is 0 Å². The van der Waals surface area contributed by atoms with Crippen LogP contribution in [0.15, 0.2) is 12.3 Å². The number of ether oxygens (including phenoxy) is 2. The van der Waals surface area contributed by atoms with Gasteiger partial charge in [0.2, 0.25) is 0 Å². The Hall–Kier alpha value is -1.33. The monoisotopic (exact) mass is 249 g/mol. The first-order valence-electron chi connectivity index (χ1n) is 6.44. The first-order chi connectivity index (χ1) is 8.69. The van der Waals surface area contributed by atoms with Crippen molar-refractivity contribution in [2.75, 3.05) is 36.9 Å². The van der Waals surface area contributed by atoms with Crippen molar-refractivity contribution >= 4 is 11.5 Å². The Morgan fingerprint density at radius 3 is 2.89 bits per heavy atom. The van der Waals surface area contributed by atoms with Gasteiger partial charge in [0.1, 0.15) is 0 Å². The number of aromatic nitrogens is 1. The maximum Gasteiger partial charge on any atom is 0.186 e.